The average Bonchev–Trinajstić information content (AvgIpc) is 2.56. The Morgan fingerprint density at radius 3 is 2.63 bits per heavy atom. The fourth-order valence-corrected chi connectivity index (χ4v) is 2.49. The summed E-state index contributed by atoms with van der Waals surface area (Å²) >= 11 is 12.0. The summed E-state index contributed by atoms with van der Waals surface area (Å²) in [6, 6.07) is 5.05. The molecule has 0 radical (unpaired) electrons. The Kier molecular flexibility index (Phi) is 4.04. The number of aliphatic hydroxyl groups excluding tert-OH is 1. The average molecular weight is 300 g/mol. The van der Waals surface area contributed by atoms with Crippen LogP contribution in [0.4, 0.5) is 5.69 Å². The second kappa shape index (κ2) is 5.41. The van der Waals surface area contributed by atoms with Gasteiger partial charge in [0.1, 0.15) is 5.15 Å². The van der Waals surface area contributed by atoms with Crippen molar-refractivity contribution >= 4 is 28.9 Å². The molecule has 0 fully saturated rings. The first kappa shape index (κ1) is 14.2. The monoisotopic (exact) mass is 299 g/mol. The van der Waals surface area contributed by atoms with Crippen LogP contribution in [0.3, 0.4) is 0 Å². The molecular formula is C13H15Cl2N3O. The number of aliphatic hydroxyl groups is 1. The highest BCUT2D eigenvalue weighted by Crippen LogP contribution is 2.29. The van der Waals surface area contributed by atoms with Crippen molar-refractivity contribution in [2.75, 3.05) is 5.73 Å². The largest absolute Gasteiger partial charge is 0.398 e. The van der Waals surface area contributed by atoms with Crippen LogP contribution in [0.25, 0.3) is 0 Å². The second-order valence-electron chi connectivity index (χ2n) is 4.47. The van der Waals surface area contributed by atoms with Gasteiger partial charge in [-0.1, -0.05) is 29.3 Å². The third kappa shape index (κ3) is 2.86. The molecule has 1 aromatic carbocycles. The van der Waals surface area contributed by atoms with Crippen LogP contribution in [-0.2, 0) is 13.5 Å². The van der Waals surface area contributed by atoms with E-state index in [9.17, 15) is 5.11 Å². The number of hydrogen-bond acceptors (Lipinski definition) is 3. The molecule has 0 amide bonds. The van der Waals surface area contributed by atoms with E-state index in [-0.39, 0.29) is 0 Å². The number of hydrogen-bond donors (Lipinski definition) is 2. The minimum Gasteiger partial charge on any atom is -0.398 e. The molecule has 1 heterocycles. The van der Waals surface area contributed by atoms with Gasteiger partial charge in [0.2, 0.25) is 0 Å². The maximum atomic E-state index is 10.3. The molecule has 2 aromatic rings. The van der Waals surface area contributed by atoms with Crippen molar-refractivity contribution in [1.82, 2.24) is 9.78 Å². The van der Waals surface area contributed by atoms with Crippen LogP contribution in [0.2, 0.25) is 10.2 Å². The van der Waals surface area contributed by atoms with Crippen LogP contribution >= 0.6 is 23.2 Å². The van der Waals surface area contributed by atoms with E-state index in [0.717, 1.165) is 11.3 Å². The first-order chi connectivity index (χ1) is 8.90. The van der Waals surface area contributed by atoms with E-state index in [1.54, 1.807) is 29.9 Å². The third-order valence-corrected chi connectivity index (χ3v) is 3.78. The number of aryl methyl sites for hydroxylation is 2. The summed E-state index contributed by atoms with van der Waals surface area (Å²) in [7, 11) is 1.77. The van der Waals surface area contributed by atoms with Crippen molar-refractivity contribution in [3.63, 3.8) is 0 Å². The molecule has 0 aliphatic rings. The Labute approximate surface area is 121 Å². The van der Waals surface area contributed by atoms with Crippen LogP contribution in [0.15, 0.2) is 18.2 Å². The summed E-state index contributed by atoms with van der Waals surface area (Å²) in [5.74, 6) is 0. The van der Waals surface area contributed by atoms with Crippen molar-refractivity contribution < 1.29 is 5.11 Å². The van der Waals surface area contributed by atoms with Crippen molar-refractivity contribution in [3.8, 4) is 0 Å². The number of rotatable bonds is 3. The predicted octanol–water partition coefficient (Wildman–Crippen LogP) is 2.89. The summed E-state index contributed by atoms with van der Waals surface area (Å²) in [5, 5.41) is 15.6. The lowest BCUT2D eigenvalue weighted by molar-refractivity contribution is 0.179. The van der Waals surface area contributed by atoms with Crippen molar-refractivity contribution in [1.29, 1.82) is 0 Å². The van der Waals surface area contributed by atoms with Crippen molar-refractivity contribution in [2.24, 2.45) is 7.05 Å². The van der Waals surface area contributed by atoms with E-state index >= 15 is 0 Å². The molecule has 6 heteroatoms. The number of aromatic nitrogens is 2. The molecule has 1 unspecified atom stereocenters. The normalized spacial score (nSPS) is 12.7. The van der Waals surface area contributed by atoms with Gasteiger partial charge in [0.25, 0.3) is 0 Å². The number of nitrogens with two attached hydrogens (primary N) is 1. The van der Waals surface area contributed by atoms with Gasteiger partial charge < -0.3 is 10.8 Å². The topological polar surface area (TPSA) is 64.1 Å². The zero-order chi connectivity index (χ0) is 14.2. The Bertz CT molecular complexity index is 610. The fraction of sp³-hybridized carbons (Fsp3) is 0.308. The molecule has 3 N–H and O–H groups in total. The highest BCUT2D eigenvalue weighted by molar-refractivity contribution is 6.31. The number of nitrogens with zero attached hydrogens (tertiary/aromatic N) is 2. The number of anilines is 1. The molecule has 0 saturated carbocycles. The summed E-state index contributed by atoms with van der Waals surface area (Å²) in [6.45, 7) is 1.86. The molecule has 102 valence electrons. The Balaban J connectivity index is 2.28. The van der Waals surface area contributed by atoms with E-state index in [4.69, 9.17) is 28.9 Å². The van der Waals surface area contributed by atoms with Crippen LogP contribution in [0.1, 0.15) is 22.9 Å². The van der Waals surface area contributed by atoms with Gasteiger partial charge in [0, 0.05) is 35.3 Å². The van der Waals surface area contributed by atoms with E-state index in [1.807, 2.05) is 6.92 Å². The van der Waals surface area contributed by atoms with Crippen LogP contribution < -0.4 is 5.73 Å². The molecule has 0 aliphatic carbocycles. The highest BCUT2D eigenvalue weighted by Gasteiger charge is 2.18. The lowest BCUT2D eigenvalue weighted by Gasteiger charge is -2.13. The summed E-state index contributed by atoms with van der Waals surface area (Å²) in [5.41, 5.74) is 8.60. The number of halogens is 2. The first-order valence-corrected chi connectivity index (χ1v) is 6.56. The van der Waals surface area contributed by atoms with Gasteiger partial charge in [0.05, 0.1) is 11.8 Å². The Hall–Kier alpha value is -1.23. The van der Waals surface area contributed by atoms with E-state index in [0.29, 0.717) is 27.8 Å². The van der Waals surface area contributed by atoms with E-state index in [2.05, 4.69) is 5.10 Å². The zero-order valence-corrected chi connectivity index (χ0v) is 12.2. The molecule has 0 bridgehead atoms. The van der Waals surface area contributed by atoms with Crippen molar-refractivity contribution in [2.45, 2.75) is 19.4 Å². The van der Waals surface area contributed by atoms with Gasteiger partial charge in [0.15, 0.2) is 0 Å². The molecule has 1 atom stereocenters. The number of benzene rings is 1. The van der Waals surface area contributed by atoms with Crippen molar-refractivity contribution in [3.05, 3.63) is 45.2 Å². The predicted molar refractivity (Wildman–Crippen MR) is 77.5 cm³/mol. The number of nitrogen functional groups attached to an aromatic ring is 1. The standard InChI is InChI=1S/C13H15Cl2N3O/c1-7-10(13(15)18(2)17-7)6-12(19)9-4-3-8(14)5-11(9)16/h3-5,12,19H,6,16H2,1-2H3. The molecule has 4 nitrogen and oxygen atoms in total. The van der Waals surface area contributed by atoms with Gasteiger partial charge in [-0.2, -0.15) is 5.10 Å². The van der Waals surface area contributed by atoms with Crippen LogP contribution in [-0.4, -0.2) is 14.9 Å². The first-order valence-electron chi connectivity index (χ1n) is 5.81. The maximum Gasteiger partial charge on any atom is 0.130 e. The molecule has 1 aromatic heterocycles. The SMILES string of the molecule is Cc1nn(C)c(Cl)c1CC(O)c1ccc(Cl)cc1N. The summed E-state index contributed by atoms with van der Waals surface area (Å²) in [6.07, 6.45) is -0.373. The van der Waals surface area contributed by atoms with Gasteiger partial charge >= 0.3 is 0 Å². The molecule has 19 heavy (non-hydrogen) atoms. The Morgan fingerprint density at radius 1 is 1.42 bits per heavy atom. The molecule has 0 aliphatic heterocycles. The summed E-state index contributed by atoms with van der Waals surface area (Å²) < 4.78 is 1.59. The molecular weight excluding hydrogens is 285 g/mol. The lowest BCUT2D eigenvalue weighted by atomic mass is 10.0. The van der Waals surface area contributed by atoms with E-state index in [1.165, 1.54) is 0 Å². The smallest absolute Gasteiger partial charge is 0.130 e. The summed E-state index contributed by atoms with van der Waals surface area (Å²) in [4.78, 5) is 0. The third-order valence-electron chi connectivity index (χ3n) is 3.08. The lowest BCUT2D eigenvalue weighted by Crippen LogP contribution is -2.06. The highest BCUT2D eigenvalue weighted by atomic mass is 35.5. The molecule has 2 rings (SSSR count). The zero-order valence-electron chi connectivity index (χ0n) is 10.7. The van der Waals surface area contributed by atoms with Crippen LogP contribution in [0.5, 0.6) is 0 Å². The van der Waals surface area contributed by atoms with Crippen LogP contribution in [0, 0.1) is 6.92 Å². The second-order valence-corrected chi connectivity index (χ2v) is 5.27. The maximum absolute atomic E-state index is 10.3. The molecule has 0 spiro atoms. The molecule has 0 saturated heterocycles. The van der Waals surface area contributed by atoms with Gasteiger partial charge in [-0.15, -0.1) is 0 Å². The minimum absolute atomic E-state index is 0.365. The Morgan fingerprint density at radius 2 is 2.11 bits per heavy atom. The van der Waals surface area contributed by atoms with E-state index < -0.39 is 6.10 Å². The minimum atomic E-state index is -0.738. The van der Waals surface area contributed by atoms with Gasteiger partial charge in [-0.3, -0.25) is 4.68 Å². The fourth-order valence-electron chi connectivity index (χ4n) is 2.06. The van der Waals surface area contributed by atoms with Gasteiger partial charge in [-0.05, 0) is 19.1 Å². The quantitative estimate of drug-likeness (QED) is 0.857. The van der Waals surface area contributed by atoms with Gasteiger partial charge in [-0.25, -0.2) is 0 Å².